The van der Waals surface area contributed by atoms with Gasteiger partial charge in [-0.3, -0.25) is 19.6 Å². The number of pyridine rings is 1. The van der Waals surface area contributed by atoms with E-state index in [2.05, 4.69) is 32.2 Å². The molecule has 6 nitrogen and oxygen atoms in total. The van der Waals surface area contributed by atoms with E-state index >= 15 is 0 Å². The maximum atomic E-state index is 13.5. The second-order valence-corrected chi connectivity index (χ2v) is 8.17. The number of anilines is 1. The molecule has 6 heteroatoms. The van der Waals surface area contributed by atoms with Crippen LogP contribution in [-0.2, 0) is 11.3 Å². The molecule has 1 aliphatic heterocycles. The summed E-state index contributed by atoms with van der Waals surface area (Å²) >= 11 is 0. The molecule has 2 aromatic carbocycles. The molecule has 4 rings (SSSR count). The number of carbonyl (C=O) groups excluding carboxylic acids is 1. The van der Waals surface area contributed by atoms with Gasteiger partial charge in [-0.15, -0.1) is 0 Å². The number of hydrogen-bond acceptors (Lipinski definition) is 5. The lowest BCUT2D eigenvalue weighted by Crippen LogP contribution is -2.49. The van der Waals surface area contributed by atoms with Crippen LogP contribution in [0.15, 0.2) is 73.1 Å². The molecule has 0 aliphatic carbocycles. The van der Waals surface area contributed by atoms with Crippen LogP contribution in [-0.4, -0.2) is 54.0 Å². The van der Waals surface area contributed by atoms with Crippen molar-refractivity contribution in [3.05, 3.63) is 89.7 Å². The highest BCUT2D eigenvalue weighted by molar-refractivity contribution is 5.96. The SMILES string of the molecule is COc1ccc(C)cc1NC(=O)C(c1ccccc1)N1CCN(Cc2ccncc2)CC1. The largest absolute Gasteiger partial charge is 0.495 e. The molecule has 1 saturated heterocycles. The Morgan fingerprint density at radius 1 is 1.03 bits per heavy atom. The van der Waals surface area contributed by atoms with Gasteiger partial charge in [-0.1, -0.05) is 36.4 Å². The summed E-state index contributed by atoms with van der Waals surface area (Å²) in [6.07, 6.45) is 3.67. The van der Waals surface area contributed by atoms with Crippen LogP contribution in [0.4, 0.5) is 5.69 Å². The zero-order valence-electron chi connectivity index (χ0n) is 18.7. The number of nitrogens with zero attached hydrogens (tertiary/aromatic N) is 3. The number of ether oxygens (including phenoxy) is 1. The molecule has 0 saturated carbocycles. The minimum atomic E-state index is -0.357. The van der Waals surface area contributed by atoms with Crippen molar-refractivity contribution in [2.45, 2.75) is 19.5 Å². The number of rotatable bonds is 7. The number of methoxy groups -OCH3 is 1. The van der Waals surface area contributed by atoms with Gasteiger partial charge in [0, 0.05) is 45.1 Å². The van der Waals surface area contributed by atoms with E-state index in [9.17, 15) is 4.79 Å². The molecule has 0 spiro atoms. The van der Waals surface area contributed by atoms with E-state index < -0.39 is 0 Å². The van der Waals surface area contributed by atoms with Crippen LogP contribution >= 0.6 is 0 Å². The first-order valence-corrected chi connectivity index (χ1v) is 11.0. The lowest BCUT2D eigenvalue weighted by atomic mass is 10.0. The first-order chi connectivity index (χ1) is 15.6. The molecule has 1 aliphatic rings. The summed E-state index contributed by atoms with van der Waals surface area (Å²) in [5.41, 5.74) is 4.04. The maximum Gasteiger partial charge on any atom is 0.246 e. The Labute approximate surface area is 189 Å². The van der Waals surface area contributed by atoms with Gasteiger partial charge < -0.3 is 10.1 Å². The van der Waals surface area contributed by atoms with Crippen LogP contribution < -0.4 is 10.1 Å². The summed E-state index contributed by atoms with van der Waals surface area (Å²) in [6, 6.07) is 19.6. The number of aryl methyl sites for hydroxylation is 1. The second-order valence-electron chi connectivity index (χ2n) is 8.17. The first-order valence-electron chi connectivity index (χ1n) is 11.0. The molecule has 32 heavy (non-hydrogen) atoms. The first kappa shape index (κ1) is 22.0. The standard InChI is InChI=1S/C26H30N4O2/c1-20-8-9-24(32-2)23(18-20)28-26(31)25(22-6-4-3-5-7-22)30-16-14-29(15-17-30)19-21-10-12-27-13-11-21/h3-13,18,25H,14-17,19H2,1-2H3,(H,28,31). The highest BCUT2D eigenvalue weighted by Gasteiger charge is 2.31. The second kappa shape index (κ2) is 10.4. The fourth-order valence-electron chi connectivity index (χ4n) is 4.21. The predicted octanol–water partition coefficient (Wildman–Crippen LogP) is 3.90. The van der Waals surface area contributed by atoms with Crippen molar-refractivity contribution in [3.8, 4) is 5.75 Å². The molecule has 1 aromatic heterocycles. The molecule has 0 bridgehead atoms. The number of hydrogen-bond donors (Lipinski definition) is 1. The number of carbonyl (C=O) groups is 1. The van der Waals surface area contributed by atoms with E-state index in [0.717, 1.165) is 43.9 Å². The van der Waals surface area contributed by atoms with E-state index in [0.29, 0.717) is 11.4 Å². The van der Waals surface area contributed by atoms with Gasteiger partial charge in [-0.25, -0.2) is 0 Å². The summed E-state index contributed by atoms with van der Waals surface area (Å²) in [4.78, 5) is 22.3. The van der Waals surface area contributed by atoms with Gasteiger partial charge in [0.1, 0.15) is 11.8 Å². The Morgan fingerprint density at radius 3 is 2.44 bits per heavy atom. The van der Waals surface area contributed by atoms with Crippen LogP contribution in [0.3, 0.4) is 0 Å². The average molecular weight is 431 g/mol. The lowest BCUT2D eigenvalue weighted by Gasteiger charge is -2.38. The monoisotopic (exact) mass is 430 g/mol. The Morgan fingerprint density at radius 2 is 1.75 bits per heavy atom. The fraction of sp³-hybridized carbons (Fsp3) is 0.308. The number of aromatic nitrogens is 1. The van der Waals surface area contributed by atoms with E-state index in [4.69, 9.17) is 4.74 Å². The van der Waals surface area contributed by atoms with E-state index in [1.807, 2.05) is 67.8 Å². The highest BCUT2D eigenvalue weighted by atomic mass is 16.5. The third kappa shape index (κ3) is 5.33. The van der Waals surface area contributed by atoms with Gasteiger partial charge in [0.05, 0.1) is 12.8 Å². The Hall–Kier alpha value is -3.22. The molecule has 1 fully saturated rings. The minimum Gasteiger partial charge on any atom is -0.495 e. The van der Waals surface area contributed by atoms with Crippen LogP contribution in [0, 0.1) is 6.92 Å². The predicted molar refractivity (Wildman–Crippen MR) is 127 cm³/mol. The van der Waals surface area contributed by atoms with Gasteiger partial charge in [-0.05, 0) is 47.9 Å². The molecular weight excluding hydrogens is 400 g/mol. The van der Waals surface area contributed by atoms with Crippen molar-refractivity contribution in [3.63, 3.8) is 0 Å². The molecule has 1 unspecified atom stereocenters. The van der Waals surface area contributed by atoms with E-state index in [1.165, 1.54) is 5.56 Å². The van der Waals surface area contributed by atoms with Crippen molar-refractivity contribution >= 4 is 11.6 Å². The highest BCUT2D eigenvalue weighted by Crippen LogP contribution is 2.29. The van der Waals surface area contributed by atoms with Crippen molar-refractivity contribution in [2.24, 2.45) is 0 Å². The van der Waals surface area contributed by atoms with Crippen molar-refractivity contribution in [1.82, 2.24) is 14.8 Å². The van der Waals surface area contributed by atoms with E-state index in [-0.39, 0.29) is 11.9 Å². The quantitative estimate of drug-likeness (QED) is 0.616. The van der Waals surface area contributed by atoms with Crippen LogP contribution in [0.5, 0.6) is 5.75 Å². The average Bonchev–Trinajstić information content (AvgIpc) is 2.82. The van der Waals surface area contributed by atoms with Gasteiger partial charge in [0.15, 0.2) is 0 Å². The zero-order chi connectivity index (χ0) is 22.3. The zero-order valence-corrected chi connectivity index (χ0v) is 18.7. The minimum absolute atomic E-state index is 0.0392. The Balaban J connectivity index is 1.49. The summed E-state index contributed by atoms with van der Waals surface area (Å²) in [6.45, 7) is 6.37. The van der Waals surface area contributed by atoms with Crippen LogP contribution in [0.2, 0.25) is 0 Å². The molecule has 3 aromatic rings. The molecule has 1 amide bonds. The van der Waals surface area contributed by atoms with E-state index in [1.54, 1.807) is 7.11 Å². The van der Waals surface area contributed by atoms with Crippen molar-refractivity contribution in [1.29, 1.82) is 0 Å². The molecule has 2 heterocycles. The maximum absolute atomic E-state index is 13.5. The van der Waals surface area contributed by atoms with Gasteiger partial charge >= 0.3 is 0 Å². The topological polar surface area (TPSA) is 57.7 Å². The fourth-order valence-corrected chi connectivity index (χ4v) is 4.21. The number of benzene rings is 2. The van der Waals surface area contributed by atoms with Gasteiger partial charge in [0.2, 0.25) is 5.91 Å². The summed E-state index contributed by atoms with van der Waals surface area (Å²) in [5.74, 6) is 0.626. The normalized spacial score (nSPS) is 15.8. The summed E-state index contributed by atoms with van der Waals surface area (Å²) in [5, 5.41) is 3.12. The third-order valence-corrected chi connectivity index (χ3v) is 5.90. The molecule has 1 N–H and O–H groups in total. The third-order valence-electron chi connectivity index (χ3n) is 5.90. The van der Waals surface area contributed by atoms with Gasteiger partial charge in [-0.2, -0.15) is 0 Å². The Bertz CT molecular complexity index is 1020. The number of piperazine rings is 1. The van der Waals surface area contributed by atoms with Crippen molar-refractivity contribution < 1.29 is 9.53 Å². The van der Waals surface area contributed by atoms with Crippen LogP contribution in [0.1, 0.15) is 22.7 Å². The number of nitrogens with one attached hydrogen (secondary N) is 1. The molecule has 1 atom stereocenters. The van der Waals surface area contributed by atoms with Crippen LogP contribution in [0.25, 0.3) is 0 Å². The lowest BCUT2D eigenvalue weighted by molar-refractivity contribution is -0.122. The summed E-state index contributed by atoms with van der Waals surface area (Å²) in [7, 11) is 1.62. The molecule has 0 radical (unpaired) electrons. The summed E-state index contributed by atoms with van der Waals surface area (Å²) < 4.78 is 5.46. The number of amides is 1. The van der Waals surface area contributed by atoms with Crippen molar-refractivity contribution in [2.75, 3.05) is 38.6 Å². The molecular formula is C26H30N4O2. The van der Waals surface area contributed by atoms with Gasteiger partial charge in [0.25, 0.3) is 0 Å². The smallest absolute Gasteiger partial charge is 0.246 e. The molecule has 166 valence electrons. The Kier molecular flexibility index (Phi) is 7.14.